The summed E-state index contributed by atoms with van der Waals surface area (Å²) >= 11 is 0. The van der Waals surface area contributed by atoms with Gasteiger partial charge in [-0.05, 0) is 25.2 Å². The van der Waals surface area contributed by atoms with Gasteiger partial charge in [0, 0.05) is 0 Å². The summed E-state index contributed by atoms with van der Waals surface area (Å²) in [6.07, 6.45) is 5.80. The summed E-state index contributed by atoms with van der Waals surface area (Å²) in [5, 5.41) is 12.9. The molecule has 2 atom stereocenters. The van der Waals surface area contributed by atoms with E-state index in [0.717, 1.165) is 25.7 Å². The third-order valence-electron chi connectivity index (χ3n) is 3.97. The first-order chi connectivity index (χ1) is 9.10. The summed E-state index contributed by atoms with van der Waals surface area (Å²) < 4.78 is 14.2. The number of aromatic nitrogens is 2. The minimum atomic E-state index is -0.447. The maximum Gasteiger partial charge on any atom is 0.186 e. The van der Waals surface area contributed by atoms with E-state index in [9.17, 15) is 9.50 Å². The van der Waals surface area contributed by atoms with Gasteiger partial charge in [-0.25, -0.2) is 14.4 Å². The number of rotatable bonds is 4. The molecule has 0 aromatic carbocycles. The molecular weight excluding hydrogens is 245 g/mol. The second-order valence-corrected chi connectivity index (χ2v) is 5.60. The van der Waals surface area contributed by atoms with Crippen molar-refractivity contribution in [2.45, 2.75) is 51.5 Å². The predicted molar refractivity (Wildman–Crippen MR) is 72.4 cm³/mol. The van der Waals surface area contributed by atoms with E-state index in [0.29, 0.717) is 18.0 Å². The Morgan fingerprint density at radius 3 is 2.95 bits per heavy atom. The molecule has 1 saturated carbocycles. The van der Waals surface area contributed by atoms with Gasteiger partial charge in [0.1, 0.15) is 6.33 Å². The molecule has 2 N–H and O–H groups in total. The summed E-state index contributed by atoms with van der Waals surface area (Å²) in [5.41, 5.74) is -0.0350. The van der Waals surface area contributed by atoms with Crippen LogP contribution in [-0.4, -0.2) is 27.2 Å². The zero-order valence-electron chi connectivity index (χ0n) is 11.6. The third-order valence-corrected chi connectivity index (χ3v) is 3.97. The fourth-order valence-electron chi connectivity index (χ4n) is 2.95. The Kier molecular flexibility index (Phi) is 4.34. The second kappa shape index (κ2) is 5.82. The molecule has 0 amide bonds. The molecule has 2 unspecified atom stereocenters. The third kappa shape index (κ3) is 3.03. The maximum atomic E-state index is 14.2. The van der Waals surface area contributed by atoms with Crippen LogP contribution in [-0.2, 0) is 6.42 Å². The number of halogens is 1. The molecule has 5 heteroatoms. The highest BCUT2D eigenvalue weighted by molar-refractivity contribution is 5.40. The van der Waals surface area contributed by atoms with Crippen molar-refractivity contribution in [1.82, 2.24) is 9.97 Å². The lowest BCUT2D eigenvalue weighted by molar-refractivity contribution is 0.149. The Labute approximate surface area is 113 Å². The van der Waals surface area contributed by atoms with Gasteiger partial charge < -0.3 is 10.4 Å². The minimum absolute atomic E-state index is 0.00222. The van der Waals surface area contributed by atoms with Gasteiger partial charge in [-0.2, -0.15) is 0 Å². The predicted octanol–water partition coefficient (Wildman–Crippen LogP) is 2.53. The van der Waals surface area contributed by atoms with Crippen molar-refractivity contribution in [1.29, 1.82) is 0 Å². The van der Waals surface area contributed by atoms with E-state index in [2.05, 4.69) is 22.2 Å². The van der Waals surface area contributed by atoms with Gasteiger partial charge in [-0.1, -0.05) is 26.7 Å². The largest absolute Gasteiger partial charge is 0.394 e. The molecule has 1 aromatic rings. The summed E-state index contributed by atoms with van der Waals surface area (Å²) in [6, 6.07) is 0. The average Bonchev–Trinajstić information content (AvgIpc) is 2.41. The first-order valence-electron chi connectivity index (χ1n) is 6.98. The molecular formula is C14H22FN3O. The number of hydrogen-bond donors (Lipinski definition) is 2. The Morgan fingerprint density at radius 2 is 2.32 bits per heavy atom. The van der Waals surface area contributed by atoms with Crippen LogP contribution >= 0.6 is 0 Å². The molecule has 1 aliphatic rings. The highest BCUT2D eigenvalue weighted by atomic mass is 19.1. The molecule has 1 fully saturated rings. The normalized spacial score (nSPS) is 27.3. The first kappa shape index (κ1) is 14.2. The first-order valence-corrected chi connectivity index (χ1v) is 6.98. The summed E-state index contributed by atoms with van der Waals surface area (Å²) in [4.78, 5) is 7.92. The van der Waals surface area contributed by atoms with Crippen LogP contribution < -0.4 is 5.32 Å². The molecule has 0 bridgehead atoms. The van der Waals surface area contributed by atoms with Gasteiger partial charge in [0.05, 0.1) is 17.8 Å². The van der Waals surface area contributed by atoms with Crippen molar-refractivity contribution >= 4 is 5.82 Å². The van der Waals surface area contributed by atoms with E-state index in [-0.39, 0.29) is 12.4 Å². The molecule has 1 aromatic heterocycles. The smallest absolute Gasteiger partial charge is 0.186 e. The molecule has 0 aliphatic heterocycles. The number of nitrogens with one attached hydrogen (secondary N) is 1. The quantitative estimate of drug-likeness (QED) is 0.880. The van der Waals surface area contributed by atoms with Gasteiger partial charge in [0.15, 0.2) is 11.6 Å². The molecule has 0 radical (unpaired) electrons. The summed E-state index contributed by atoms with van der Waals surface area (Å²) in [5.74, 6) is 0.356. The van der Waals surface area contributed by atoms with E-state index in [4.69, 9.17) is 0 Å². The zero-order chi connectivity index (χ0) is 13.9. The van der Waals surface area contributed by atoms with Crippen LogP contribution in [0.25, 0.3) is 0 Å². The van der Waals surface area contributed by atoms with Crippen molar-refractivity contribution in [2.75, 3.05) is 11.9 Å². The van der Waals surface area contributed by atoms with Crippen molar-refractivity contribution in [3.05, 3.63) is 17.8 Å². The number of aliphatic hydroxyl groups excluding tert-OH is 1. The lowest BCUT2D eigenvalue weighted by Crippen LogP contribution is -2.46. The van der Waals surface area contributed by atoms with Crippen molar-refractivity contribution in [3.8, 4) is 0 Å². The van der Waals surface area contributed by atoms with E-state index in [1.54, 1.807) is 0 Å². The fourth-order valence-corrected chi connectivity index (χ4v) is 2.95. The number of aliphatic hydroxyl groups is 1. The molecule has 2 rings (SSSR count). The van der Waals surface area contributed by atoms with E-state index >= 15 is 0 Å². The van der Waals surface area contributed by atoms with Gasteiger partial charge in [-0.3, -0.25) is 0 Å². The maximum absolute atomic E-state index is 14.2. The molecule has 1 heterocycles. The molecule has 19 heavy (non-hydrogen) atoms. The van der Waals surface area contributed by atoms with Crippen LogP contribution in [0.5, 0.6) is 0 Å². The molecule has 0 spiro atoms. The van der Waals surface area contributed by atoms with Crippen molar-refractivity contribution < 1.29 is 9.50 Å². The highest BCUT2D eigenvalue weighted by Gasteiger charge is 2.35. The summed E-state index contributed by atoms with van der Waals surface area (Å²) in [7, 11) is 0. The zero-order valence-corrected chi connectivity index (χ0v) is 11.6. The topological polar surface area (TPSA) is 58.0 Å². The van der Waals surface area contributed by atoms with E-state index in [1.165, 1.54) is 6.33 Å². The minimum Gasteiger partial charge on any atom is -0.394 e. The molecule has 0 saturated heterocycles. The number of aryl methyl sites for hydroxylation is 1. The van der Waals surface area contributed by atoms with Crippen LogP contribution in [0.4, 0.5) is 10.2 Å². The number of nitrogens with zero attached hydrogens (tertiary/aromatic N) is 2. The van der Waals surface area contributed by atoms with Crippen LogP contribution in [0, 0.1) is 11.7 Å². The monoisotopic (exact) mass is 267 g/mol. The van der Waals surface area contributed by atoms with E-state index in [1.807, 2.05) is 6.92 Å². The van der Waals surface area contributed by atoms with Crippen LogP contribution in [0.1, 0.15) is 45.2 Å². The highest BCUT2D eigenvalue weighted by Crippen LogP contribution is 2.35. The lowest BCUT2D eigenvalue weighted by Gasteiger charge is -2.39. The van der Waals surface area contributed by atoms with Crippen LogP contribution in [0.15, 0.2) is 6.33 Å². The van der Waals surface area contributed by atoms with Gasteiger partial charge >= 0.3 is 0 Å². The Bertz CT molecular complexity index is 441. The Morgan fingerprint density at radius 1 is 1.53 bits per heavy atom. The SMILES string of the molecule is CCc1ncnc(NC2(CO)CCCC(C)C2)c1F. The average molecular weight is 267 g/mol. The fraction of sp³-hybridized carbons (Fsp3) is 0.714. The summed E-state index contributed by atoms with van der Waals surface area (Å²) in [6.45, 7) is 4.03. The van der Waals surface area contributed by atoms with Gasteiger partial charge in [-0.15, -0.1) is 0 Å². The van der Waals surface area contributed by atoms with Gasteiger partial charge in [0.2, 0.25) is 0 Å². The van der Waals surface area contributed by atoms with Crippen molar-refractivity contribution in [2.24, 2.45) is 5.92 Å². The Balaban J connectivity index is 2.23. The van der Waals surface area contributed by atoms with Gasteiger partial charge in [0.25, 0.3) is 0 Å². The van der Waals surface area contributed by atoms with Crippen LogP contribution in [0.2, 0.25) is 0 Å². The number of anilines is 1. The number of hydrogen-bond acceptors (Lipinski definition) is 4. The molecule has 1 aliphatic carbocycles. The second-order valence-electron chi connectivity index (χ2n) is 5.60. The lowest BCUT2D eigenvalue weighted by atomic mass is 9.77. The Hall–Kier alpha value is -1.23. The van der Waals surface area contributed by atoms with Crippen molar-refractivity contribution in [3.63, 3.8) is 0 Å². The molecule has 4 nitrogen and oxygen atoms in total. The standard InChI is InChI=1S/C14H22FN3O/c1-3-11-12(15)13(17-9-16-11)18-14(8-19)6-4-5-10(2)7-14/h9-10,19H,3-8H2,1-2H3,(H,16,17,18). The van der Waals surface area contributed by atoms with E-state index < -0.39 is 11.4 Å². The molecule has 106 valence electrons. The van der Waals surface area contributed by atoms with Crippen LogP contribution in [0.3, 0.4) is 0 Å².